The van der Waals surface area contributed by atoms with Crippen molar-refractivity contribution in [1.82, 2.24) is 9.78 Å². The third-order valence-corrected chi connectivity index (χ3v) is 3.88. The Hall–Kier alpha value is -1.12. The Morgan fingerprint density at radius 1 is 1.28 bits per heavy atom. The van der Waals surface area contributed by atoms with Crippen LogP contribution >= 0.6 is 0 Å². The number of nitrogens with zero attached hydrogens (tertiary/aromatic N) is 2. The molecule has 0 N–H and O–H groups in total. The number of hydrogen-bond acceptors (Lipinski definition) is 2. The monoisotopic (exact) mass is 248 g/mol. The first-order valence-electron chi connectivity index (χ1n) is 7.39. The van der Waals surface area contributed by atoms with Crippen molar-refractivity contribution in [2.45, 2.75) is 64.8 Å². The van der Waals surface area contributed by atoms with E-state index in [4.69, 9.17) is 0 Å². The van der Waals surface area contributed by atoms with Gasteiger partial charge in [0.2, 0.25) is 0 Å². The molecule has 2 rings (SSSR count). The van der Waals surface area contributed by atoms with Gasteiger partial charge in [0.05, 0.1) is 0 Å². The molecule has 18 heavy (non-hydrogen) atoms. The highest BCUT2D eigenvalue weighted by atomic mass is 16.1. The SMILES string of the molecule is CCCn1nccc1C(=O)C1CCCCCCC1. The smallest absolute Gasteiger partial charge is 0.183 e. The molecule has 0 atom stereocenters. The molecule has 1 fully saturated rings. The predicted octanol–water partition coefficient (Wildman–Crippen LogP) is 3.84. The molecule has 0 amide bonds. The summed E-state index contributed by atoms with van der Waals surface area (Å²) in [6, 6.07) is 1.89. The summed E-state index contributed by atoms with van der Waals surface area (Å²) in [5, 5.41) is 4.26. The average molecular weight is 248 g/mol. The number of carbonyl (C=O) groups excluding carboxylic acids is 1. The molecule has 0 unspecified atom stereocenters. The van der Waals surface area contributed by atoms with Gasteiger partial charge in [0.25, 0.3) is 0 Å². The van der Waals surface area contributed by atoms with E-state index in [9.17, 15) is 4.79 Å². The van der Waals surface area contributed by atoms with Crippen LogP contribution in [-0.4, -0.2) is 15.6 Å². The second kappa shape index (κ2) is 6.72. The van der Waals surface area contributed by atoms with Crippen molar-refractivity contribution >= 4 is 5.78 Å². The molecule has 1 aliphatic rings. The highest BCUT2D eigenvalue weighted by Gasteiger charge is 2.23. The molecular weight excluding hydrogens is 224 g/mol. The molecule has 0 aliphatic heterocycles. The maximum atomic E-state index is 12.6. The van der Waals surface area contributed by atoms with Crippen LogP contribution in [0.2, 0.25) is 0 Å². The Kier molecular flexibility index (Phi) is 4.97. The molecule has 0 radical (unpaired) electrons. The number of carbonyl (C=O) groups is 1. The molecule has 1 aromatic heterocycles. The zero-order valence-electron chi connectivity index (χ0n) is 11.4. The fourth-order valence-electron chi connectivity index (χ4n) is 2.86. The van der Waals surface area contributed by atoms with Crippen LogP contribution in [-0.2, 0) is 6.54 Å². The van der Waals surface area contributed by atoms with Gasteiger partial charge in [-0.3, -0.25) is 9.48 Å². The topological polar surface area (TPSA) is 34.9 Å². The van der Waals surface area contributed by atoms with E-state index in [0.717, 1.165) is 31.5 Å². The lowest BCUT2D eigenvalue weighted by Crippen LogP contribution is -2.20. The Labute approximate surface area is 110 Å². The van der Waals surface area contributed by atoms with E-state index in [-0.39, 0.29) is 5.92 Å². The highest BCUT2D eigenvalue weighted by molar-refractivity contribution is 5.96. The van der Waals surface area contributed by atoms with Crippen molar-refractivity contribution < 1.29 is 4.79 Å². The van der Waals surface area contributed by atoms with Gasteiger partial charge >= 0.3 is 0 Å². The third-order valence-electron chi connectivity index (χ3n) is 3.88. The van der Waals surface area contributed by atoms with Gasteiger partial charge < -0.3 is 0 Å². The summed E-state index contributed by atoms with van der Waals surface area (Å²) in [7, 11) is 0. The first-order chi connectivity index (χ1) is 8.83. The Balaban J connectivity index is 2.06. The minimum Gasteiger partial charge on any atom is -0.292 e. The van der Waals surface area contributed by atoms with E-state index < -0.39 is 0 Å². The van der Waals surface area contributed by atoms with Crippen LogP contribution in [0.3, 0.4) is 0 Å². The quantitative estimate of drug-likeness (QED) is 0.759. The fraction of sp³-hybridized carbons (Fsp3) is 0.733. The maximum absolute atomic E-state index is 12.6. The zero-order valence-corrected chi connectivity index (χ0v) is 11.4. The summed E-state index contributed by atoms with van der Waals surface area (Å²) in [6.45, 7) is 2.96. The summed E-state index contributed by atoms with van der Waals surface area (Å²) >= 11 is 0. The van der Waals surface area contributed by atoms with Gasteiger partial charge in [-0.05, 0) is 25.3 Å². The predicted molar refractivity (Wildman–Crippen MR) is 72.7 cm³/mol. The molecule has 0 saturated heterocycles. The molecule has 1 heterocycles. The minimum atomic E-state index is 0.234. The first kappa shape index (κ1) is 13.3. The maximum Gasteiger partial charge on any atom is 0.183 e. The van der Waals surface area contributed by atoms with Gasteiger partial charge in [0, 0.05) is 18.7 Å². The van der Waals surface area contributed by atoms with Crippen LogP contribution in [0.5, 0.6) is 0 Å². The summed E-state index contributed by atoms with van der Waals surface area (Å²) in [5.74, 6) is 0.556. The van der Waals surface area contributed by atoms with Gasteiger partial charge in [-0.1, -0.05) is 39.0 Å². The van der Waals surface area contributed by atoms with Crippen LogP contribution in [0.25, 0.3) is 0 Å². The lowest BCUT2D eigenvalue weighted by molar-refractivity contribution is 0.0887. The fourth-order valence-corrected chi connectivity index (χ4v) is 2.86. The summed E-state index contributed by atoms with van der Waals surface area (Å²) < 4.78 is 1.88. The number of hydrogen-bond donors (Lipinski definition) is 0. The molecule has 1 aromatic rings. The van der Waals surface area contributed by atoms with Crippen molar-refractivity contribution in [2.75, 3.05) is 0 Å². The number of Topliss-reactive ketones (excluding diaryl/α,β-unsaturated/α-hetero) is 1. The second-order valence-electron chi connectivity index (χ2n) is 5.35. The van der Waals surface area contributed by atoms with E-state index in [0.29, 0.717) is 5.78 Å². The van der Waals surface area contributed by atoms with E-state index in [1.807, 2.05) is 10.7 Å². The van der Waals surface area contributed by atoms with Gasteiger partial charge in [0.1, 0.15) is 5.69 Å². The molecule has 1 saturated carbocycles. The van der Waals surface area contributed by atoms with E-state index in [2.05, 4.69) is 12.0 Å². The summed E-state index contributed by atoms with van der Waals surface area (Å²) in [5.41, 5.74) is 0.822. The zero-order chi connectivity index (χ0) is 12.8. The van der Waals surface area contributed by atoms with Gasteiger partial charge in [-0.15, -0.1) is 0 Å². The molecule has 100 valence electrons. The van der Waals surface area contributed by atoms with Crippen molar-refractivity contribution in [3.63, 3.8) is 0 Å². The van der Waals surface area contributed by atoms with E-state index in [1.165, 1.54) is 32.1 Å². The molecule has 1 aliphatic carbocycles. The number of aromatic nitrogens is 2. The second-order valence-corrected chi connectivity index (χ2v) is 5.35. The molecule has 3 heteroatoms. The Morgan fingerprint density at radius 2 is 1.94 bits per heavy atom. The minimum absolute atomic E-state index is 0.234. The average Bonchev–Trinajstić information content (AvgIpc) is 2.76. The van der Waals surface area contributed by atoms with E-state index in [1.54, 1.807) is 6.20 Å². The molecule has 3 nitrogen and oxygen atoms in total. The third kappa shape index (κ3) is 3.21. The first-order valence-corrected chi connectivity index (χ1v) is 7.39. The van der Waals surface area contributed by atoms with Gasteiger partial charge in [-0.2, -0.15) is 5.10 Å². The van der Waals surface area contributed by atoms with Crippen LogP contribution < -0.4 is 0 Å². The number of rotatable bonds is 4. The van der Waals surface area contributed by atoms with Crippen LogP contribution in [0.15, 0.2) is 12.3 Å². The van der Waals surface area contributed by atoms with Crippen molar-refractivity contribution in [3.05, 3.63) is 18.0 Å². The summed E-state index contributed by atoms with van der Waals surface area (Å²) in [6.07, 6.45) is 11.2. The number of ketones is 1. The van der Waals surface area contributed by atoms with E-state index >= 15 is 0 Å². The van der Waals surface area contributed by atoms with Crippen LogP contribution in [0, 0.1) is 5.92 Å². The van der Waals surface area contributed by atoms with Crippen LogP contribution in [0.1, 0.15) is 68.8 Å². The summed E-state index contributed by atoms with van der Waals surface area (Å²) in [4.78, 5) is 12.6. The largest absolute Gasteiger partial charge is 0.292 e. The number of aryl methyl sites for hydroxylation is 1. The Bertz CT molecular complexity index is 376. The normalized spacial score (nSPS) is 18.3. The molecule has 0 spiro atoms. The molecule has 0 aromatic carbocycles. The van der Waals surface area contributed by atoms with Crippen molar-refractivity contribution in [3.8, 4) is 0 Å². The lowest BCUT2D eigenvalue weighted by Gasteiger charge is -2.18. The van der Waals surface area contributed by atoms with Gasteiger partial charge in [0.15, 0.2) is 5.78 Å². The van der Waals surface area contributed by atoms with Crippen molar-refractivity contribution in [1.29, 1.82) is 0 Å². The molecule has 0 bridgehead atoms. The van der Waals surface area contributed by atoms with Crippen LogP contribution in [0.4, 0.5) is 0 Å². The Morgan fingerprint density at radius 3 is 2.61 bits per heavy atom. The molecular formula is C15H24N2O. The standard InChI is InChI=1S/C15H24N2O/c1-2-12-17-14(10-11-16-17)15(18)13-8-6-4-3-5-7-9-13/h10-11,13H,2-9,12H2,1H3. The lowest BCUT2D eigenvalue weighted by atomic mass is 9.87. The highest BCUT2D eigenvalue weighted by Crippen LogP contribution is 2.25. The van der Waals surface area contributed by atoms with Gasteiger partial charge in [-0.25, -0.2) is 0 Å². The van der Waals surface area contributed by atoms with Crippen molar-refractivity contribution in [2.24, 2.45) is 5.92 Å².